The van der Waals surface area contributed by atoms with Crippen molar-refractivity contribution in [2.75, 3.05) is 18.2 Å². The first-order chi connectivity index (χ1) is 18.1. The number of hydrogen-bond acceptors (Lipinski definition) is 3. The van der Waals surface area contributed by atoms with Gasteiger partial charge in [-0.25, -0.2) is 13.2 Å². The van der Waals surface area contributed by atoms with E-state index < -0.39 is 29.6 Å². The Balaban J connectivity index is 0.000000244. The van der Waals surface area contributed by atoms with Gasteiger partial charge in [-0.3, -0.25) is 4.39 Å². The van der Waals surface area contributed by atoms with Crippen LogP contribution in [-0.4, -0.2) is 29.1 Å². The Kier molecular flexibility index (Phi) is 12.8. The Morgan fingerprint density at radius 3 is 1.74 bits per heavy atom. The maximum atomic E-state index is 12.5. The third-order valence-electron chi connectivity index (χ3n) is 8.18. The fraction of sp³-hybridized carbons (Fsp3) is 0.786. The number of thioether (sulfide) groups is 2. The van der Waals surface area contributed by atoms with Gasteiger partial charge in [0.1, 0.15) is 5.82 Å². The average Bonchev–Trinajstić information content (AvgIpc) is 2.88. The standard InChI is InChI=1S/C21H37FS2.C7H2F6O/c1-2-3-16-4-8-18(9-5-16)20-14-23-21(24-15-20)19-10-6-17(7-11-19)12-13-22;8-3-1-4(9)6(5(10)2-3)14-7(11,12)13/h16-21H,2-15H2,1H3;1-2H. The molecule has 0 N–H and O–H groups in total. The summed E-state index contributed by atoms with van der Waals surface area (Å²) >= 11 is 4.57. The summed E-state index contributed by atoms with van der Waals surface area (Å²) in [6, 6.07) is 0.175. The van der Waals surface area contributed by atoms with Gasteiger partial charge in [-0.05, 0) is 73.2 Å². The van der Waals surface area contributed by atoms with Crippen LogP contribution in [0.4, 0.5) is 30.7 Å². The van der Waals surface area contributed by atoms with Crippen LogP contribution in [0.25, 0.3) is 0 Å². The van der Waals surface area contributed by atoms with Crippen molar-refractivity contribution in [2.45, 2.75) is 88.5 Å². The SMILES string of the molecule is CCCC1CCC(C2CSC(C3CCC(CCF)CC3)SC2)CC1.Fc1cc(F)c(OC(F)(F)F)c(F)c1. The minimum Gasteiger partial charge on any atom is -0.399 e. The molecule has 3 fully saturated rings. The molecule has 0 unspecified atom stereocenters. The van der Waals surface area contributed by atoms with Crippen LogP contribution in [0.5, 0.6) is 5.75 Å². The van der Waals surface area contributed by atoms with Crippen LogP contribution < -0.4 is 4.74 Å². The lowest BCUT2D eigenvalue weighted by Gasteiger charge is -2.40. The molecule has 0 amide bonds. The third-order valence-corrected chi connectivity index (χ3v) is 11.7. The van der Waals surface area contributed by atoms with Crippen molar-refractivity contribution in [2.24, 2.45) is 29.6 Å². The van der Waals surface area contributed by atoms with Gasteiger partial charge in [0.2, 0.25) is 5.75 Å². The lowest BCUT2D eigenvalue weighted by atomic mass is 9.75. The maximum absolute atomic E-state index is 12.5. The Morgan fingerprint density at radius 2 is 1.26 bits per heavy atom. The molecule has 1 heterocycles. The molecule has 1 aromatic carbocycles. The highest BCUT2D eigenvalue weighted by Crippen LogP contribution is 2.48. The first kappa shape index (κ1) is 31.8. The topological polar surface area (TPSA) is 9.23 Å². The molecule has 0 atom stereocenters. The number of rotatable bonds is 7. The summed E-state index contributed by atoms with van der Waals surface area (Å²) in [5.41, 5.74) is 0. The molecule has 1 saturated heterocycles. The van der Waals surface area contributed by atoms with E-state index in [1.807, 2.05) is 0 Å². The zero-order valence-corrected chi connectivity index (χ0v) is 23.5. The molecule has 0 bridgehead atoms. The zero-order valence-electron chi connectivity index (χ0n) is 21.9. The molecule has 1 aliphatic heterocycles. The summed E-state index contributed by atoms with van der Waals surface area (Å²) in [6.07, 6.45) is 9.77. The fourth-order valence-corrected chi connectivity index (χ4v) is 9.83. The van der Waals surface area contributed by atoms with Gasteiger partial charge < -0.3 is 4.74 Å². The quantitative estimate of drug-likeness (QED) is 0.293. The van der Waals surface area contributed by atoms with Crippen LogP contribution in [-0.2, 0) is 0 Å². The molecule has 218 valence electrons. The minimum atomic E-state index is -5.22. The molecule has 1 nitrogen and oxygen atoms in total. The van der Waals surface area contributed by atoms with Crippen molar-refractivity contribution in [1.29, 1.82) is 0 Å². The second-order valence-corrected chi connectivity index (χ2v) is 13.5. The number of hydrogen-bond donors (Lipinski definition) is 0. The lowest BCUT2D eigenvalue weighted by molar-refractivity contribution is -0.276. The van der Waals surface area contributed by atoms with Gasteiger partial charge >= 0.3 is 6.36 Å². The number of alkyl halides is 4. The third kappa shape index (κ3) is 10.0. The van der Waals surface area contributed by atoms with Crippen LogP contribution in [0.2, 0.25) is 0 Å². The largest absolute Gasteiger partial charge is 0.573 e. The second-order valence-electron chi connectivity index (χ2n) is 10.9. The van der Waals surface area contributed by atoms with Crippen molar-refractivity contribution in [3.63, 3.8) is 0 Å². The highest BCUT2D eigenvalue weighted by atomic mass is 32.2. The molecule has 2 saturated carbocycles. The van der Waals surface area contributed by atoms with Crippen LogP contribution >= 0.6 is 23.5 Å². The number of ether oxygens (including phenoxy) is 1. The first-order valence-electron chi connectivity index (χ1n) is 13.8. The van der Waals surface area contributed by atoms with E-state index >= 15 is 0 Å². The Morgan fingerprint density at radius 1 is 0.763 bits per heavy atom. The smallest absolute Gasteiger partial charge is 0.399 e. The predicted molar refractivity (Wildman–Crippen MR) is 142 cm³/mol. The van der Waals surface area contributed by atoms with E-state index in [1.165, 1.54) is 75.7 Å². The first-order valence-corrected chi connectivity index (χ1v) is 15.9. The van der Waals surface area contributed by atoms with E-state index in [0.29, 0.717) is 5.92 Å². The van der Waals surface area contributed by atoms with Gasteiger partial charge in [0.05, 0.1) is 11.3 Å². The molecule has 10 heteroatoms. The monoisotopic (exact) mass is 588 g/mol. The van der Waals surface area contributed by atoms with Crippen molar-refractivity contribution in [3.05, 3.63) is 29.6 Å². The highest BCUT2D eigenvalue weighted by molar-refractivity contribution is 8.17. The predicted octanol–water partition coefficient (Wildman–Crippen LogP) is 10.2. The summed E-state index contributed by atoms with van der Waals surface area (Å²) in [6.45, 7) is 2.23. The molecule has 0 aromatic heterocycles. The molecule has 3 aliphatic rings. The maximum Gasteiger partial charge on any atom is 0.573 e. The van der Waals surface area contributed by atoms with E-state index in [2.05, 4.69) is 35.2 Å². The summed E-state index contributed by atoms with van der Waals surface area (Å²) in [5.74, 6) is 1.01. The van der Waals surface area contributed by atoms with Crippen LogP contribution in [0.15, 0.2) is 12.1 Å². The highest BCUT2D eigenvalue weighted by Gasteiger charge is 2.36. The molecule has 38 heavy (non-hydrogen) atoms. The van der Waals surface area contributed by atoms with E-state index in [9.17, 15) is 30.7 Å². The average molecular weight is 589 g/mol. The molecular weight excluding hydrogens is 549 g/mol. The molecule has 4 rings (SSSR count). The Labute approximate surface area is 230 Å². The van der Waals surface area contributed by atoms with Crippen LogP contribution in [0, 0.1) is 47.0 Å². The van der Waals surface area contributed by atoms with E-state index in [1.54, 1.807) is 0 Å². The van der Waals surface area contributed by atoms with Gasteiger partial charge in [-0.2, -0.15) is 0 Å². The zero-order chi connectivity index (χ0) is 27.7. The van der Waals surface area contributed by atoms with Gasteiger partial charge in [0, 0.05) is 12.1 Å². The normalized spacial score (nSPS) is 30.3. The van der Waals surface area contributed by atoms with Crippen molar-refractivity contribution in [1.82, 2.24) is 0 Å². The van der Waals surface area contributed by atoms with E-state index in [-0.39, 0.29) is 18.8 Å². The van der Waals surface area contributed by atoms with Crippen molar-refractivity contribution < 1.29 is 35.5 Å². The molecule has 1 aromatic rings. The van der Waals surface area contributed by atoms with Crippen molar-refractivity contribution in [3.8, 4) is 5.75 Å². The Bertz CT molecular complexity index is 772. The molecular formula is C28H39F7OS2. The van der Waals surface area contributed by atoms with Crippen LogP contribution in [0.3, 0.4) is 0 Å². The summed E-state index contributed by atoms with van der Waals surface area (Å²) < 4.78 is 88.3. The molecule has 0 spiro atoms. The molecule has 2 aliphatic carbocycles. The summed E-state index contributed by atoms with van der Waals surface area (Å²) in [5, 5.41) is 0. The van der Waals surface area contributed by atoms with Gasteiger partial charge in [-0.15, -0.1) is 36.7 Å². The summed E-state index contributed by atoms with van der Waals surface area (Å²) in [7, 11) is 0. The second kappa shape index (κ2) is 15.3. The minimum absolute atomic E-state index is 0.0875. The van der Waals surface area contributed by atoms with Crippen LogP contribution in [0.1, 0.15) is 77.6 Å². The lowest BCUT2D eigenvalue weighted by Crippen LogP contribution is -2.32. The number of benzene rings is 1. The Hall–Kier alpha value is -0.770. The van der Waals surface area contributed by atoms with E-state index in [4.69, 9.17) is 0 Å². The van der Waals surface area contributed by atoms with Gasteiger partial charge in [0.15, 0.2) is 11.6 Å². The van der Waals surface area contributed by atoms with Crippen molar-refractivity contribution >= 4 is 23.5 Å². The summed E-state index contributed by atoms with van der Waals surface area (Å²) in [4.78, 5) is 0. The van der Waals surface area contributed by atoms with Gasteiger partial charge in [0.25, 0.3) is 0 Å². The fourth-order valence-electron chi connectivity index (χ4n) is 6.08. The van der Waals surface area contributed by atoms with Gasteiger partial charge in [-0.1, -0.05) is 45.4 Å². The van der Waals surface area contributed by atoms with E-state index in [0.717, 1.165) is 34.7 Å². The number of halogens is 7. The molecule has 0 radical (unpaired) electrons.